The summed E-state index contributed by atoms with van der Waals surface area (Å²) in [6.45, 7) is 3.73. The van der Waals surface area contributed by atoms with Crippen LogP contribution in [0, 0.1) is 5.92 Å². The van der Waals surface area contributed by atoms with Crippen molar-refractivity contribution in [3.05, 3.63) is 0 Å². The van der Waals surface area contributed by atoms with Gasteiger partial charge in [0.25, 0.3) is 0 Å². The van der Waals surface area contributed by atoms with Gasteiger partial charge in [0.1, 0.15) is 23.3 Å². The third-order valence-electron chi connectivity index (χ3n) is 1.22. The zero-order valence-corrected chi connectivity index (χ0v) is 9.26. The van der Waals surface area contributed by atoms with E-state index in [4.69, 9.17) is 0 Å². The van der Waals surface area contributed by atoms with Crippen molar-refractivity contribution < 1.29 is 40.6 Å². The second-order valence-electron chi connectivity index (χ2n) is 2.26. The summed E-state index contributed by atoms with van der Waals surface area (Å²) in [5.74, 6) is -2.15. The fourth-order valence-electron chi connectivity index (χ4n) is 0.859. The van der Waals surface area contributed by atoms with Crippen molar-refractivity contribution in [1.29, 1.82) is 0 Å². The first kappa shape index (κ1) is 13.5. The molecule has 0 N–H and O–H groups in total. The van der Waals surface area contributed by atoms with Crippen LogP contribution in [-0.4, -0.2) is 17.3 Å². The van der Waals surface area contributed by atoms with Crippen LogP contribution in [0.2, 0.25) is 0 Å². The van der Waals surface area contributed by atoms with E-state index in [0.29, 0.717) is 0 Å². The summed E-state index contributed by atoms with van der Waals surface area (Å²) in [5.41, 5.74) is 0. The van der Waals surface area contributed by atoms with Crippen molar-refractivity contribution in [2.24, 2.45) is 5.92 Å². The van der Waals surface area contributed by atoms with Crippen LogP contribution >= 0.6 is 0 Å². The minimum Gasteiger partial charge on any atom is -0.299 e. The molecule has 0 saturated heterocycles. The Balaban J connectivity index is 0. The Morgan fingerprint density at radius 1 is 0.818 bits per heavy atom. The molecule has 0 aromatic heterocycles. The predicted octanol–water partition coefficient (Wildman–Crippen LogP) is 0.367. The molecule has 0 bridgehead atoms. The standard InChI is InChI=1S/C7H10O3.Zr/c1-4(8)7(5(2)9)6(3)10;/h7H,1-3H3;/q;+2. The van der Waals surface area contributed by atoms with E-state index in [1.165, 1.54) is 20.8 Å². The van der Waals surface area contributed by atoms with Gasteiger partial charge in [-0.05, 0) is 20.8 Å². The van der Waals surface area contributed by atoms with Gasteiger partial charge in [-0.3, -0.25) is 14.4 Å². The normalized spacial score (nSPS) is 8.73. The van der Waals surface area contributed by atoms with Gasteiger partial charge in [0.05, 0.1) is 0 Å². The summed E-state index contributed by atoms with van der Waals surface area (Å²) >= 11 is 0. The number of rotatable bonds is 3. The largest absolute Gasteiger partial charge is 2.00 e. The predicted molar refractivity (Wildman–Crippen MR) is 35.5 cm³/mol. The van der Waals surface area contributed by atoms with Gasteiger partial charge < -0.3 is 0 Å². The second kappa shape index (κ2) is 5.53. The first-order valence-corrected chi connectivity index (χ1v) is 2.98. The molecule has 0 unspecified atom stereocenters. The zero-order valence-electron chi connectivity index (χ0n) is 6.80. The smallest absolute Gasteiger partial charge is 0.299 e. The minimum atomic E-state index is -1.03. The Morgan fingerprint density at radius 3 is 1.00 bits per heavy atom. The van der Waals surface area contributed by atoms with Gasteiger partial charge in [-0.1, -0.05) is 0 Å². The van der Waals surface area contributed by atoms with E-state index in [1.54, 1.807) is 0 Å². The molecule has 0 amide bonds. The van der Waals surface area contributed by atoms with Crippen molar-refractivity contribution in [3.8, 4) is 0 Å². The van der Waals surface area contributed by atoms with Crippen molar-refractivity contribution in [1.82, 2.24) is 0 Å². The summed E-state index contributed by atoms with van der Waals surface area (Å²) in [5, 5.41) is 0. The van der Waals surface area contributed by atoms with Crippen LogP contribution in [0.4, 0.5) is 0 Å². The molecule has 0 aromatic carbocycles. The molecule has 4 heteroatoms. The molecule has 0 aliphatic heterocycles. The van der Waals surface area contributed by atoms with Crippen LogP contribution in [0.25, 0.3) is 0 Å². The molecule has 0 radical (unpaired) electrons. The van der Waals surface area contributed by atoms with E-state index in [0.717, 1.165) is 0 Å². The van der Waals surface area contributed by atoms with Crippen LogP contribution in [0.3, 0.4) is 0 Å². The number of carbonyl (C=O) groups is 3. The molecule has 3 nitrogen and oxygen atoms in total. The Hall–Kier alpha value is -0.107. The molecule has 0 aliphatic rings. The molecule has 0 atom stereocenters. The van der Waals surface area contributed by atoms with Crippen molar-refractivity contribution in [2.45, 2.75) is 20.8 Å². The van der Waals surface area contributed by atoms with E-state index < -0.39 is 5.92 Å². The quantitative estimate of drug-likeness (QED) is 0.662. The molecule has 0 rings (SSSR count). The number of hydrogen-bond acceptors (Lipinski definition) is 3. The van der Waals surface area contributed by atoms with Gasteiger partial charge in [-0.2, -0.15) is 0 Å². The number of carbonyl (C=O) groups excluding carboxylic acids is 3. The molecule has 0 spiro atoms. The summed E-state index contributed by atoms with van der Waals surface area (Å²) in [4.78, 5) is 31.8. The van der Waals surface area contributed by atoms with E-state index in [9.17, 15) is 14.4 Å². The van der Waals surface area contributed by atoms with Crippen LogP contribution in [0.15, 0.2) is 0 Å². The molecule has 0 aliphatic carbocycles. The first-order chi connectivity index (χ1) is 4.46. The Bertz CT molecular complexity index is 153. The molecule has 0 heterocycles. The van der Waals surface area contributed by atoms with Crippen LogP contribution in [0.1, 0.15) is 20.8 Å². The minimum absolute atomic E-state index is 0. The van der Waals surface area contributed by atoms with E-state index in [1.807, 2.05) is 0 Å². The average molecular weight is 233 g/mol. The van der Waals surface area contributed by atoms with E-state index in [-0.39, 0.29) is 43.6 Å². The number of hydrogen-bond donors (Lipinski definition) is 0. The van der Waals surface area contributed by atoms with Crippen LogP contribution in [-0.2, 0) is 40.6 Å². The Morgan fingerprint density at radius 2 is 1.00 bits per heavy atom. The molecular weight excluding hydrogens is 223 g/mol. The first-order valence-electron chi connectivity index (χ1n) is 2.98. The number of ketones is 3. The van der Waals surface area contributed by atoms with Gasteiger partial charge >= 0.3 is 26.2 Å². The molecule has 0 aromatic rings. The molecular formula is C7H10O3Zr+2. The van der Waals surface area contributed by atoms with Crippen molar-refractivity contribution in [3.63, 3.8) is 0 Å². The topological polar surface area (TPSA) is 51.2 Å². The third kappa shape index (κ3) is 4.36. The number of Topliss-reactive ketones (excluding diaryl/α,β-unsaturated/α-hetero) is 3. The second-order valence-corrected chi connectivity index (χ2v) is 2.26. The third-order valence-corrected chi connectivity index (χ3v) is 1.22. The molecule has 0 saturated carbocycles. The molecule has 0 fully saturated rings. The average Bonchev–Trinajstić information content (AvgIpc) is 1.59. The maximum absolute atomic E-state index is 10.6. The maximum atomic E-state index is 10.6. The Kier molecular flexibility index (Phi) is 6.78. The van der Waals surface area contributed by atoms with Crippen molar-refractivity contribution >= 4 is 17.3 Å². The van der Waals surface area contributed by atoms with Gasteiger partial charge in [-0.25, -0.2) is 0 Å². The summed E-state index contributed by atoms with van der Waals surface area (Å²) in [6, 6.07) is 0. The fourth-order valence-corrected chi connectivity index (χ4v) is 0.859. The van der Waals surface area contributed by atoms with E-state index >= 15 is 0 Å². The van der Waals surface area contributed by atoms with Crippen molar-refractivity contribution in [2.75, 3.05) is 0 Å². The van der Waals surface area contributed by atoms with Gasteiger partial charge in [0, 0.05) is 0 Å². The summed E-state index contributed by atoms with van der Waals surface area (Å²) < 4.78 is 0. The van der Waals surface area contributed by atoms with Gasteiger partial charge in [-0.15, -0.1) is 0 Å². The van der Waals surface area contributed by atoms with Gasteiger partial charge in [0.15, 0.2) is 0 Å². The fraction of sp³-hybridized carbons (Fsp3) is 0.571. The molecule has 58 valence electrons. The Labute approximate surface area is 84.7 Å². The molecule has 11 heavy (non-hydrogen) atoms. The summed E-state index contributed by atoms with van der Waals surface area (Å²) in [7, 11) is 0. The van der Waals surface area contributed by atoms with Gasteiger partial charge in [0.2, 0.25) is 0 Å². The summed E-state index contributed by atoms with van der Waals surface area (Å²) in [6.07, 6.45) is 0. The van der Waals surface area contributed by atoms with Crippen LogP contribution < -0.4 is 0 Å². The van der Waals surface area contributed by atoms with Crippen LogP contribution in [0.5, 0.6) is 0 Å². The van der Waals surface area contributed by atoms with E-state index in [2.05, 4.69) is 0 Å². The SMILES string of the molecule is CC(=O)C(C(C)=O)C(C)=O.[Zr+2]. The zero-order chi connectivity index (χ0) is 8.31. The maximum Gasteiger partial charge on any atom is 2.00 e. The monoisotopic (exact) mass is 232 g/mol.